The summed E-state index contributed by atoms with van der Waals surface area (Å²) in [5.74, 6) is 0.944. The zero-order chi connectivity index (χ0) is 19.0. The van der Waals surface area contributed by atoms with Gasteiger partial charge in [0.1, 0.15) is 17.3 Å². The van der Waals surface area contributed by atoms with Crippen LogP contribution in [0.25, 0.3) is 11.3 Å². The minimum atomic E-state index is -0.331. The van der Waals surface area contributed by atoms with Gasteiger partial charge in [0.25, 0.3) is 5.91 Å². The molecule has 3 heterocycles. The molecular weight excluding hydrogens is 349 g/mol. The van der Waals surface area contributed by atoms with Gasteiger partial charge in [0.05, 0.1) is 6.04 Å². The van der Waals surface area contributed by atoms with E-state index >= 15 is 0 Å². The lowest BCUT2D eigenvalue weighted by atomic mass is 10.1. The highest BCUT2D eigenvalue weighted by Crippen LogP contribution is 2.34. The van der Waals surface area contributed by atoms with E-state index in [2.05, 4.69) is 10.3 Å². The second-order valence-electron chi connectivity index (χ2n) is 7.05. The third-order valence-electron chi connectivity index (χ3n) is 4.83. The fraction of sp³-hybridized carbons (Fsp3) is 0.350. The number of carbonyl (C=O) groups is 1. The van der Waals surface area contributed by atoms with Crippen LogP contribution in [0, 0.1) is 5.82 Å². The van der Waals surface area contributed by atoms with Gasteiger partial charge in [0.15, 0.2) is 11.5 Å². The summed E-state index contributed by atoms with van der Waals surface area (Å²) in [5, 5.41) is 8.08. The lowest BCUT2D eigenvalue weighted by Crippen LogP contribution is -2.30. The largest absolute Gasteiger partial charge is 0.361 e. The Bertz CT molecular complexity index is 946. The maximum atomic E-state index is 13.1. The summed E-state index contributed by atoms with van der Waals surface area (Å²) in [4.78, 5) is 14.7. The van der Waals surface area contributed by atoms with Crippen LogP contribution in [0.15, 0.2) is 45.4 Å². The SMILES string of the molecule is CC(C)c1cc([C@@H]2CCCN2C(=O)c2cc(-c3ccc(F)cc3)on2)no1. The van der Waals surface area contributed by atoms with E-state index in [1.54, 1.807) is 23.1 Å². The van der Waals surface area contributed by atoms with Crippen LogP contribution in [0.1, 0.15) is 60.6 Å². The number of likely N-dealkylation sites (tertiary alicyclic amines) is 1. The molecule has 1 aromatic carbocycles. The van der Waals surface area contributed by atoms with E-state index in [1.165, 1.54) is 12.1 Å². The van der Waals surface area contributed by atoms with E-state index < -0.39 is 0 Å². The summed E-state index contributed by atoms with van der Waals surface area (Å²) >= 11 is 0. The fourth-order valence-corrected chi connectivity index (χ4v) is 3.32. The molecule has 2 aromatic heterocycles. The van der Waals surface area contributed by atoms with Gasteiger partial charge >= 0.3 is 0 Å². The maximum absolute atomic E-state index is 13.1. The molecule has 0 radical (unpaired) electrons. The van der Waals surface area contributed by atoms with Crippen molar-refractivity contribution in [2.75, 3.05) is 6.54 Å². The van der Waals surface area contributed by atoms with Crippen molar-refractivity contribution in [3.63, 3.8) is 0 Å². The molecule has 3 aromatic rings. The molecule has 1 atom stereocenters. The van der Waals surface area contributed by atoms with Crippen molar-refractivity contribution in [1.82, 2.24) is 15.2 Å². The number of rotatable bonds is 4. The van der Waals surface area contributed by atoms with E-state index in [0.717, 1.165) is 24.3 Å². The number of hydrogen-bond donors (Lipinski definition) is 0. The topological polar surface area (TPSA) is 72.4 Å². The zero-order valence-corrected chi connectivity index (χ0v) is 15.2. The van der Waals surface area contributed by atoms with E-state index in [0.29, 0.717) is 17.9 Å². The molecule has 140 valence electrons. The molecule has 1 aliphatic rings. The summed E-state index contributed by atoms with van der Waals surface area (Å²) in [5.41, 5.74) is 1.67. The molecule has 0 bridgehead atoms. The molecule has 0 unspecified atom stereocenters. The van der Waals surface area contributed by atoms with Crippen LogP contribution in [0.5, 0.6) is 0 Å². The van der Waals surface area contributed by atoms with Crippen LogP contribution in [0.4, 0.5) is 4.39 Å². The molecule has 1 fully saturated rings. The first-order valence-electron chi connectivity index (χ1n) is 9.03. The molecule has 0 spiro atoms. The number of hydrogen-bond acceptors (Lipinski definition) is 5. The third kappa shape index (κ3) is 3.37. The van der Waals surface area contributed by atoms with Crippen molar-refractivity contribution in [2.24, 2.45) is 0 Å². The van der Waals surface area contributed by atoms with Gasteiger partial charge in [-0.25, -0.2) is 4.39 Å². The molecule has 4 rings (SSSR count). The van der Waals surface area contributed by atoms with Gasteiger partial charge in [-0.2, -0.15) is 0 Å². The van der Waals surface area contributed by atoms with Crippen molar-refractivity contribution in [3.05, 3.63) is 59.4 Å². The molecule has 7 heteroatoms. The van der Waals surface area contributed by atoms with Crippen molar-refractivity contribution in [1.29, 1.82) is 0 Å². The molecule has 1 amide bonds. The quantitative estimate of drug-likeness (QED) is 0.674. The van der Waals surface area contributed by atoms with Crippen LogP contribution >= 0.6 is 0 Å². The number of nitrogens with zero attached hydrogens (tertiary/aromatic N) is 3. The number of aromatic nitrogens is 2. The van der Waals surface area contributed by atoms with Crippen molar-refractivity contribution < 1.29 is 18.2 Å². The first-order valence-corrected chi connectivity index (χ1v) is 9.03. The number of carbonyl (C=O) groups excluding carboxylic acids is 1. The second kappa shape index (κ2) is 6.98. The molecule has 0 aliphatic carbocycles. The Hall–Kier alpha value is -2.96. The van der Waals surface area contributed by atoms with Crippen LogP contribution in [-0.2, 0) is 0 Å². The third-order valence-corrected chi connectivity index (χ3v) is 4.83. The summed E-state index contributed by atoms with van der Waals surface area (Å²) in [6, 6.07) is 9.25. The van der Waals surface area contributed by atoms with E-state index in [1.807, 2.05) is 19.9 Å². The Balaban J connectivity index is 1.55. The number of halogens is 1. The lowest BCUT2D eigenvalue weighted by molar-refractivity contribution is 0.0720. The highest BCUT2D eigenvalue weighted by molar-refractivity contribution is 5.93. The summed E-state index contributed by atoms with van der Waals surface area (Å²) in [6.45, 7) is 4.70. The van der Waals surface area contributed by atoms with Crippen LogP contribution in [-0.4, -0.2) is 27.7 Å². The van der Waals surface area contributed by atoms with Gasteiger partial charge in [-0.05, 0) is 37.1 Å². The Morgan fingerprint density at radius 3 is 2.67 bits per heavy atom. The van der Waals surface area contributed by atoms with Crippen molar-refractivity contribution >= 4 is 5.91 Å². The van der Waals surface area contributed by atoms with Gasteiger partial charge < -0.3 is 13.9 Å². The van der Waals surface area contributed by atoms with Gasteiger partial charge in [-0.3, -0.25) is 4.79 Å². The average Bonchev–Trinajstić information content (AvgIpc) is 3.40. The maximum Gasteiger partial charge on any atom is 0.276 e. The normalized spacial score (nSPS) is 17.0. The average molecular weight is 369 g/mol. The van der Waals surface area contributed by atoms with E-state index in [9.17, 15) is 9.18 Å². The first-order chi connectivity index (χ1) is 13.0. The van der Waals surface area contributed by atoms with E-state index in [-0.39, 0.29) is 29.4 Å². The van der Waals surface area contributed by atoms with Gasteiger partial charge in [-0.1, -0.05) is 24.2 Å². The monoisotopic (exact) mass is 369 g/mol. The number of amides is 1. The zero-order valence-electron chi connectivity index (χ0n) is 15.2. The Kier molecular flexibility index (Phi) is 4.51. The molecule has 6 nitrogen and oxygen atoms in total. The van der Waals surface area contributed by atoms with Gasteiger partial charge in [0.2, 0.25) is 0 Å². The van der Waals surface area contributed by atoms with Crippen LogP contribution in [0.3, 0.4) is 0 Å². The lowest BCUT2D eigenvalue weighted by Gasteiger charge is -2.21. The number of benzene rings is 1. The fourth-order valence-electron chi connectivity index (χ4n) is 3.32. The summed E-state index contributed by atoms with van der Waals surface area (Å²) < 4.78 is 23.8. The Labute approximate surface area is 155 Å². The minimum absolute atomic E-state index is 0.125. The Morgan fingerprint density at radius 2 is 1.96 bits per heavy atom. The predicted molar refractivity (Wildman–Crippen MR) is 95.5 cm³/mol. The van der Waals surface area contributed by atoms with E-state index in [4.69, 9.17) is 9.05 Å². The van der Waals surface area contributed by atoms with Gasteiger partial charge in [0, 0.05) is 30.2 Å². The predicted octanol–water partition coefficient (Wildman–Crippen LogP) is 4.57. The molecule has 27 heavy (non-hydrogen) atoms. The molecule has 1 aliphatic heterocycles. The summed E-state index contributed by atoms with van der Waals surface area (Å²) in [6.07, 6.45) is 1.72. The standard InChI is InChI=1S/C20H20FN3O3/c1-12(2)18-10-15(22-26-18)17-4-3-9-24(17)20(25)16-11-19(27-23-16)13-5-7-14(21)8-6-13/h5-8,10-12,17H,3-4,9H2,1-2H3/t17-/m0/s1. The Morgan fingerprint density at radius 1 is 1.19 bits per heavy atom. The minimum Gasteiger partial charge on any atom is -0.361 e. The highest BCUT2D eigenvalue weighted by atomic mass is 19.1. The molecule has 0 saturated carbocycles. The van der Waals surface area contributed by atoms with Gasteiger partial charge in [-0.15, -0.1) is 0 Å². The molecule has 0 N–H and O–H groups in total. The van der Waals surface area contributed by atoms with Crippen molar-refractivity contribution in [2.45, 2.75) is 38.6 Å². The molecule has 1 saturated heterocycles. The highest BCUT2D eigenvalue weighted by Gasteiger charge is 2.34. The smallest absolute Gasteiger partial charge is 0.276 e. The second-order valence-corrected chi connectivity index (χ2v) is 7.05. The molecular formula is C20H20FN3O3. The first kappa shape index (κ1) is 17.5. The summed E-state index contributed by atoms with van der Waals surface area (Å²) in [7, 11) is 0. The van der Waals surface area contributed by atoms with Crippen LogP contribution in [0.2, 0.25) is 0 Å². The van der Waals surface area contributed by atoms with Crippen LogP contribution < -0.4 is 0 Å². The van der Waals surface area contributed by atoms with Crippen molar-refractivity contribution in [3.8, 4) is 11.3 Å².